The standard InChI is InChI=1S/C17H17NO3/c1-11-4-3-5-14(8-11)17(19)18-12(2)13-6-7-15-16(9-13)21-10-20-15/h3-9,12H,10H2,1-2H3,(H,18,19)/t12-/m0/s1. The van der Waals surface area contributed by atoms with E-state index in [9.17, 15) is 4.79 Å². The second kappa shape index (κ2) is 5.48. The van der Waals surface area contributed by atoms with Gasteiger partial charge in [0.25, 0.3) is 5.91 Å². The van der Waals surface area contributed by atoms with Crippen LogP contribution in [0.1, 0.15) is 34.5 Å². The summed E-state index contributed by atoms with van der Waals surface area (Å²) >= 11 is 0. The van der Waals surface area contributed by atoms with Crippen LogP contribution in [0.5, 0.6) is 11.5 Å². The first-order valence-electron chi connectivity index (χ1n) is 6.90. The van der Waals surface area contributed by atoms with Gasteiger partial charge >= 0.3 is 0 Å². The van der Waals surface area contributed by atoms with Crippen molar-refractivity contribution in [2.24, 2.45) is 0 Å². The first kappa shape index (κ1) is 13.5. The van der Waals surface area contributed by atoms with Gasteiger partial charge in [-0.3, -0.25) is 4.79 Å². The minimum Gasteiger partial charge on any atom is -0.454 e. The van der Waals surface area contributed by atoms with Crippen molar-refractivity contribution < 1.29 is 14.3 Å². The number of carbonyl (C=O) groups is 1. The van der Waals surface area contributed by atoms with Crippen LogP contribution < -0.4 is 14.8 Å². The van der Waals surface area contributed by atoms with E-state index in [-0.39, 0.29) is 18.7 Å². The van der Waals surface area contributed by atoms with Crippen molar-refractivity contribution in [1.29, 1.82) is 0 Å². The highest BCUT2D eigenvalue weighted by molar-refractivity contribution is 5.94. The van der Waals surface area contributed by atoms with Crippen molar-refractivity contribution in [2.75, 3.05) is 6.79 Å². The topological polar surface area (TPSA) is 47.6 Å². The Bertz CT molecular complexity index is 681. The molecule has 0 saturated carbocycles. The van der Waals surface area contributed by atoms with Gasteiger partial charge in [0.1, 0.15) is 0 Å². The molecule has 3 rings (SSSR count). The van der Waals surface area contributed by atoms with Gasteiger partial charge in [0.15, 0.2) is 11.5 Å². The van der Waals surface area contributed by atoms with Gasteiger partial charge in [-0.25, -0.2) is 0 Å². The molecule has 4 nitrogen and oxygen atoms in total. The predicted molar refractivity (Wildman–Crippen MR) is 79.6 cm³/mol. The normalized spacial score (nSPS) is 13.8. The fourth-order valence-corrected chi connectivity index (χ4v) is 2.33. The van der Waals surface area contributed by atoms with Crippen LogP contribution in [0.15, 0.2) is 42.5 Å². The summed E-state index contributed by atoms with van der Waals surface area (Å²) in [5.74, 6) is 1.39. The third-order valence-electron chi connectivity index (χ3n) is 3.52. The SMILES string of the molecule is Cc1cccc(C(=O)N[C@@H](C)c2ccc3c(c2)OCO3)c1. The van der Waals surface area contributed by atoms with Crippen LogP contribution in [-0.2, 0) is 0 Å². The Morgan fingerprint density at radius 2 is 1.95 bits per heavy atom. The maximum Gasteiger partial charge on any atom is 0.251 e. The summed E-state index contributed by atoms with van der Waals surface area (Å²) in [7, 11) is 0. The monoisotopic (exact) mass is 283 g/mol. The second-order valence-corrected chi connectivity index (χ2v) is 5.18. The van der Waals surface area contributed by atoms with E-state index in [2.05, 4.69) is 5.32 Å². The van der Waals surface area contributed by atoms with E-state index < -0.39 is 0 Å². The summed E-state index contributed by atoms with van der Waals surface area (Å²) in [5, 5.41) is 3.00. The van der Waals surface area contributed by atoms with Gasteiger partial charge in [-0.1, -0.05) is 23.8 Å². The molecule has 2 aromatic rings. The first-order valence-corrected chi connectivity index (χ1v) is 6.90. The van der Waals surface area contributed by atoms with E-state index in [0.717, 1.165) is 22.6 Å². The largest absolute Gasteiger partial charge is 0.454 e. The van der Waals surface area contributed by atoms with Gasteiger partial charge in [-0.15, -0.1) is 0 Å². The Labute approximate surface area is 123 Å². The maximum absolute atomic E-state index is 12.2. The third kappa shape index (κ3) is 2.84. The Kier molecular flexibility index (Phi) is 3.52. The quantitative estimate of drug-likeness (QED) is 0.941. The van der Waals surface area contributed by atoms with Gasteiger partial charge < -0.3 is 14.8 Å². The van der Waals surface area contributed by atoms with Crippen molar-refractivity contribution in [3.63, 3.8) is 0 Å². The average Bonchev–Trinajstić information content (AvgIpc) is 2.94. The van der Waals surface area contributed by atoms with Gasteiger partial charge in [0.05, 0.1) is 6.04 Å². The highest BCUT2D eigenvalue weighted by Gasteiger charge is 2.17. The number of fused-ring (bicyclic) bond motifs is 1. The molecule has 0 fully saturated rings. The summed E-state index contributed by atoms with van der Waals surface area (Å²) in [6.45, 7) is 4.17. The molecule has 0 aromatic heterocycles. The average molecular weight is 283 g/mol. The molecule has 1 heterocycles. The Morgan fingerprint density at radius 3 is 2.76 bits per heavy atom. The van der Waals surface area contributed by atoms with Gasteiger partial charge in [0.2, 0.25) is 6.79 Å². The van der Waals surface area contributed by atoms with E-state index in [4.69, 9.17) is 9.47 Å². The van der Waals surface area contributed by atoms with Crippen LogP contribution in [0.25, 0.3) is 0 Å². The predicted octanol–water partition coefficient (Wildman–Crippen LogP) is 3.21. The minimum absolute atomic E-state index is 0.0798. The summed E-state index contributed by atoms with van der Waals surface area (Å²) in [6, 6.07) is 13.2. The molecular formula is C17H17NO3. The van der Waals surface area contributed by atoms with Crippen LogP contribution in [0, 0.1) is 6.92 Å². The molecule has 1 N–H and O–H groups in total. The van der Waals surface area contributed by atoms with Crippen molar-refractivity contribution in [2.45, 2.75) is 19.9 Å². The summed E-state index contributed by atoms with van der Waals surface area (Å²) in [5.41, 5.74) is 2.72. The summed E-state index contributed by atoms with van der Waals surface area (Å²) < 4.78 is 10.6. The number of amides is 1. The zero-order chi connectivity index (χ0) is 14.8. The van der Waals surface area contributed by atoms with Gasteiger partial charge in [-0.2, -0.15) is 0 Å². The van der Waals surface area contributed by atoms with Crippen LogP contribution in [0.3, 0.4) is 0 Å². The number of aryl methyl sites for hydroxylation is 1. The maximum atomic E-state index is 12.2. The van der Waals surface area contributed by atoms with Crippen LogP contribution in [-0.4, -0.2) is 12.7 Å². The Hall–Kier alpha value is -2.49. The Balaban J connectivity index is 1.74. The van der Waals surface area contributed by atoms with Gasteiger partial charge in [-0.05, 0) is 43.7 Å². The van der Waals surface area contributed by atoms with Crippen molar-refractivity contribution in [1.82, 2.24) is 5.32 Å². The van der Waals surface area contributed by atoms with Crippen LogP contribution in [0.4, 0.5) is 0 Å². The molecule has 21 heavy (non-hydrogen) atoms. The highest BCUT2D eigenvalue weighted by Crippen LogP contribution is 2.34. The summed E-state index contributed by atoms with van der Waals surface area (Å²) in [4.78, 5) is 12.2. The number of hydrogen-bond donors (Lipinski definition) is 1. The third-order valence-corrected chi connectivity index (χ3v) is 3.52. The molecule has 0 spiro atoms. The fourth-order valence-electron chi connectivity index (χ4n) is 2.33. The van der Waals surface area contributed by atoms with Gasteiger partial charge in [0, 0.05) is 5.56 Å². The Morgan fingerprint density at radius 1 is 1.14 bits per heavy atom. The molecule has 1 atom stereocenters. The lowest BCUT2D eigenvalue weighted by atomic mass is 10.1. The molecule has 108 valence electrons. The molecule has 1 aliphatic heterocycles. The number of benzene rings is 2. The summed E-state index contributed by atoms with van der Waals surface area (Å²) in [6.07, 6.45) is 0. The molecular weight excluding hydrogens is 266 g/mol. The minimum atomic E-state index is -0.104. The lowest BCUT2D eigenvalue weighted by Crippen LogP contribution is -2.26. The molecule has 2 aromatic carbocycles. The van der Waals surface area contributed by atoms with Crippen LogP contribution in [0.2, 0.25) is 0 Å². The zero-order valence-corrected chi connectivity index (χ0v) is 12.1. The molecule has 0 saturated heterocycles. The number of hydrogen-bond acceptors (Lipinski definition) is 3. The number of ether oxygens (including phenoxy) is 2. The lowest BCUT2D eigenvalue weighted by Gasteiger charge is -2.15. The lowest BCUT2D eigenvalue weighted by molar-refractivity contribution is 0.0939. The molecule has 0 bridgehead atoms. The number of carbonyl (C=O) groups excluding carboxylic acids is 1. The molecule has 0 radical (unpaired) electrons. The first-order chi connectivity index (χ1) is 10.1. The van der Waals surface area contributed by atoms with Crippen LogP contribution >= 0.6 is 0 Å². The van der Waals surface area contributed by atoms with Crippen molar-refractivity contribution >= 4 is 5.91 Å². The van der Waals surface area contributed by atoms with E-state index in [0.29, 0.717) is 5.56 Å². The van der Waals surface area contributed by atoms with E-state index in [1.54, 1.807) is 0 Å². The van der Waals surface area contributed by atoms with E-state index in [1.165, 1.54) is 0 Å². The van der Waals surface area contributed by atoms with Crippen molar-refractivity contribution in [3.05, 3.63) is 59.2 Å². The van der Waals surface area contributed by atoms with E-state index >= 15 is 0 Å². The number of rotatable bonds is 3. The fraction of sp³-hybridized carbons (Fsp3) is 0.235. The molecule has 1 aliphatic rings. The molecule has 0 aliphatic carbocycles. The zero-order valence-electron chi connectivity index (χ0n) is 12.1. The highest BCUT2D eigenvalue weighted by atomic mass is 16.7. The number of nitrogens with one attached hydrogen (secondary N) is 1. The molecule has 4 heteroatoms. The molecule has 1 amide bonds. The second-order valence-electron chi connectivity index (χ2n) is 5.18. The van der Waals surface area contributed by atoms with Crippen molar-refractivity contribution in [3.8, 4) is 11.5 Å². The molecule has 0 unspecified atom stereocenters. The van der Waals surface area contributed by atoms with E-state index in [1.807, 2.05) is 56.3 Å². The smallest absolute Gasteiger partial charge is 0.251 e.